The standard InChI is InChI=1S/C15H22N2O2/c1-12(18)10-17(14-5-3-2-4-6-14)11-15(19)16-9-13-7-8-13/h2-6,12-13,18H,7-11H2,1H3,(H,16,19). The van der Waals surface area contributed by atoms with Gasteiger partial charge in [-0.2, -0.15) is 0 Å². The number of anilines is 1. The third kappa shape index (κ3) is 4.91. The van der Waals surface area contributed by atoms with Crippen LogP contribution in [0.5, 0.6) is 0 Å². The molecule has 104 valence electrons. The van der Waals surface area contributed by atoms with Crippen molar-refractivity contribution in [2.75, 3.05) is 24.5 Å². The average Bonchev–Trinajstić information content (AvgIpc) is 3.20. The van der Waals surface area contributed by atoms with Gasteiger partial charge in [0.1, 0.15) is 0 Å². The lowest BCUT2D eigenvalue weighted by molar-refractivity contribution is -0.119. The summed E-state index contributed by atoms with van der Waals surface area (Å²) in [4.78, 5) is 13.8. The third-order valence-electron chi connectivity index (χ3n) is 3.23. The lowest BCUT2D eigenvalue weighted by Crippen LogP contribution is -2.41. The van der Waals surface area contributed by atoms with Gasteiger partial charge < -0.3 is 15.3 Å². The van der Waals surface area contributed by atoms with E-state index >= 15 is 0 Å². The van der Waals surface area contributed by atoms with Crippen molar-refractivity contribution in [2.45, 2.75) is 25.9 Å². The van der Waals surface area contributed by atoms with Crippen LogP contribution in [0.4, 0.5) is 5.69 Å². The van der Waals surface area contributed by atoms with Gasteiger partial charge in [-0.3, -0.25) is 4.79 Å². The molecule has 1 unspecified atom stereocenters. The Morgan fingerprint density at radius 2 is 2.11 bits per heavy atom. The SMILES string of the molecule is CC(O)CN(CC(=O)NCC1CC1)c1ccccc1. The van der Waals surface area contributed by atoms with Gasteiger partial charge in [-0.1, -0.05) is 18.2 Å². The second kappa shape index (κ2) is 6.57. The summed E-state index contributed by atoms with van der Waals surface area (Å²) in [6.07, 6.45) is 2.00. The van der Waals surface area contributed by atoms with Crippen molar-refractivity contribution in [2.24, 2.45) is 5.92 Å². The molecule has 1 atom stereocenters. The lowest BCUT2D eigenvalue weighted by atomic mass is 10.2. The predicted octanol–water partition coefficient (Wildman–Crippen LogP) is 1.40. The van der Waals surface area contributed by atoms with E-state index in [-0.39, 0.29) is 5.91 Å². The number of para-hydroxylation sites is 1. The lowest BCUT2D eigenvalue weighted by Gasteiger charge is -2.25. The summed E-state index contributed by atoms with van der Waals surface area (Å²) < 4.78 is 0. The molecule has 0 aliphatic heterocycles. The summed E-state index contributed by atoms with van der Waals surface area (Å²) in [5.41, 5.74) is 0.963. The fraction of sp³-hybridized carbons (Fsp3) is 0.533. The molecule has 1 aromatic carbocycles. The summed E-state index contributed by atoms with van der Waals surface area (Å²) in [5.74, 6) is 0.710. The number of hydrogen-bond donors (Lipinski definition) is 2. The number of benzene rings is 1. The predicted molar refractivity (Wildman–Crippen MR) is 76.1 cm³/mol. The minimum absolute atomic E-state index is 0.0244. The van der Waals surface area contributed by atoms with Crippen molar-refractivity contribution in [3.05, 3.63) is 30.3 Å². The Balaban J connectivity index is 1.90. The number of carbonyl (C=O) groups is 1. The molecule has 2 rings (SSSR count). The number of nitrogens with zero attached hydrogens (tertiary/aromatic N) is 1. The van der Waals surface area contributed by atoms with E-state index in [1.54, 1.807) is 6.92 Å². The maximum Gasteiger partial charge on any atom is 0.239 e. The Morgan fingerprint density at radius 1 is 1.42 bits per heavy atom. The van der Waals surface area contributed by atoms with Crippen LogP contribution in [0.2, 0.25) is 0 Å². The molecule has 1 aromatic rings. The van der Waals surface area contributed by atoms with E-state index in [2.05, 4.69) is 5.32 Å². The molecule has 1 amide bonds. The van der Waals surface area contributed by atoms with Gasteiger partial charge in [0.05, 0.1) is 12.6 Å². The fourth-order valence-electron chi connectivity index (χ4n) is 2.03. The molecule has 1 fully saturated rings. The zero-order valence-corrected chi connectivity index (χ0v) is 11.4. The minimum Gasteiger partial charge on any atom is -0.392 e. The molecule has 19 heavy (non-hydrogen) atoms. The molecule has 0 heterocycles. The summed E-state index contributed by atoms with van der Waals surface area (Å²) in [6.45, 7) is 3.27. The monoisotopic (exact) mass is 262 g/mol. The Bertz CT molecular complexity index is 402. The fourth-order valence-corrected chi connectivity index (χ4v) is 2.03. The van der Waals surface area contributed by atoms with Gasteiger partial charge in [-0.25, -0.2) is 0 Å². The minimum atomic E-state index is -0.462. The largest absolute Gasteiger partial charge is 0.392 e. The van der Waals surface area contributed by atoms with Gasteiger partial charge in [-0.15, -0.1) is 0 Å². The molecular weight excluding hydrogens is 240 g/mol. The number of nitrogens with one attached hydrogen (secondary N) is 1. The maximum atomic E-state index is 11.9. The van der Waals surface area contributed by atoms with Crippen molar-refractivity contribution in [3.63, 3.8) is 0 Å². The molecule has 1 aliphatic carbocycles. The molecule has 0 spiro atoms. The van der Waals surface area contributed by atoms with Crippen molar-refractivity contribution >= 4 is 11.6 Å². The zero-order chi connectivity index (χ0) is 13.7. The number of amides is 1. The summed E-state index contributed by atoms with van der Waals surface area (Å²) in [6, 6.07) is 9.73. The van der Waals surface area contributed by atoms with Crippen LogP contribution < -0.4 is 10.2 Å². The third-order valence-corrected chi connectivity index (χ3v) is 3.23. The van der Waals surface area contributed by atoms with Gasteiger partial charge in [0.15, 0.2) is 0 Å². The molecular formula is C15H22N2O2. The Hall–Kier alpha value is -1.55. The van der Waals surface area contributed by atoms with Crippen LogP contribution in [0.25, 0.3) is 0 Å². The van der Waals surface area contributed by atoms with E-state index in [1.165, 1.54) is 12.8 Å². The van der Waals surface area contributed by atoms with E-state index in [0.29, 0.717) is 19.0 Å². The molecule has 0 saturated heterocycles. The van der Waals surface area contributed by atoms with Crippen molar-refractivity contribution < 1.29 is 9.90 Å². The first kappa shape index (κ1) is 13.9. The van der Waals surface area contributed by atoms with E-state index in [0.717, 1.165) is 12.2 Å². The van der Waals surface area contributed by atoms with E-state index < -0.39 is 6.10 Å². The van der Waals surface area contributed by atoms with Crippen LogP contribution in [0.15, 0.2) is 30.3 Å². The molecule has 1 saturated carbocycles. The molecule has 1 aliphatic rings. The highest BCUT2D eigenvalue weighted by Crippen LogP contribution is 2.27. The van der Waals surface area contributed by atoms with Crippen LogP contribution in [-0.2, 0) is 4.79 Å². The highest BCUT2D eigenvalue weighted by atomic mass is 16.3. The van der Waals surface area contributed by atoms with Crippen LogP contribution in [0.1, 0.15) is 19.8 Å². The molecule has 2 N–H and O–H groups in total. The number of carbonyl (C=O) groups excluding carboxylic acids is 1. The van der Waals surface area contributed by atoms with Gasteiger partial charge in [0.2, 0.25) is 5.91 Å². The number of hydrogen-bond acceptors (Lipinski definition) is 3. The van der Waals surface area contributed by atoms with Gasteiger partial charge in [0.25, 0.3) is 0 Å². The van der Waals surface area contributed by atoms with Gasteiger partial charge in [0, 0.05) is 18.8 Å². The molecule has 4 heteroatoms. The van der Waals surface area contributed by atoms with Crippen LogP contribution in [0.3, 0.4) is 0 Å². The highest BCUT2D eigenvalue weighted by Gasteiger charge is 2.22. The Kier molecular flexibility index (Phi) is 4.80. The normalized spacial score (nSPS) is 15.9. The maximum absolute atomic E-state index is 11.9. The van der Waals surface area contributed by atoms with Crippen LogP contribution >= 0.6 is 0 Å². The molecule has 0 bridgehead atoms. The quantitative estimate of drug-likeness (QED) is 0.781. The van der Waals surface area contributed by atoms with E-state index in [1.807, 2.05) is 35.2 Å². The summed E-state index contributed by atoms with van der Waals surface area (Å²) in [5, 5.41) is 12.5. The summed E-state index contributed by atoms with van der Waals surface area (Å²) >= 11 is 0. The second-order valence-corrected chi connectivity index (χ2v) is 5.31. The molecule has 0 aromatic heterocycles. The number of aliphatic hydroxyl groups is 1. The molecule has 0 radical (unpaired) electrons. The highest BCUT2D eigenvalue weighted by molar-refractivity contribution is 5.81. The van der Waals surface area contributed by atoms with Crippen molar-refractivity contribution in [1.82, 2.24) is 5.32 Å². The molecule has 4 nitrogen and oxygen atoms in total. The summed E-state index contributed by atoms with van der Waals surface area (Å²) in [7, 11) is 0. The van der Waals surface area contributed by atoms with E-state index in [4.69, 9.17) is 0 Å². The van der Waals surface area contributed by atoms with E-state index in [9.17, 15) is 9.90 Å². The number of rotatable bonds is 7. The van der Waals surface area contributed by atoms with Gasteiger partial charge in [-0.05, 0) is 37.8 Å². The van der Waals surface area contributed by atoms with Crippen molar-refractivity contribution in [1.29, 1.82) is 0 Å². The smallest absolute Gasteiger partial charge is 0.239 e. The first-order valence-corrected chi connectivity index (χ1v) is 6.90. The number of aliphatic hydroxyl groups excluding tert-OH is 1. The first-order chi connectivity index (χ1) is 9.15. The van der Waals surface area contributed by atoms with Crippen molar-refractivity contribution in [3.8, 4) is 0 Å². The topological polar surface area (TPSA) is 52.6 Å². The average molecular weight is 262 g/mol. The Labute approximate surface area is 114 Å². The Morgan fingerprint density at radius 3 is 2.68 bits per heavy atom. The first-order valence-electron chi connectivity index (χ1n) is 6.90. The van der Waals surface area contributed by atoms with Crippen LogP contribution in [0, 0.1) is 5.92 Å². The second-order valence-electron chi connectivity index (χ2n) is 5.31. The van der Waals surface area contributed by atoms with Crippen LogP contribution in [-0.4, -0.2) is 36.8 Å². The zero-order valence-electron chi connectivity index (χ0n) is 11.4. The van der Waals surface area contributed by atoms with Gasteiger partial charge >= 0.3 is 0 Å².